The molecular weight excluding hydrogens is 523 g/mol. The van der Waals surface area contributed by atoms with Crippen molar-refractivity contribution in [3.8, 4) is 0 Å². The molecule has 0 N–H and O–H groups in total. The van der Waals surface area contributed by atoms with Crippen LogP contribution in [0.25, 0.3) is 0 Å². The van der Waals surface area contributed by atoms with Gasteiger partial charge in [-0.25, -0.2) is 8.42 Å². The summed E-state index contributed by atoms with van der Waals surface area (Å²) in [5.74, 6) is -0.168. The van der Waals surface area contributed by atoms with Crippen molar-refractivity contribution in [1.82, 2.24) is 14.1 Å². The van der Waals surface area contributed by atoms with Crippen LogP contribution in [0.4, 0.5) is 5.69 Å². The van der Waals surface area contributed by atoms with Gasteiger partial charge in [0.2, 0.25) is 21.8 Å². The summed E-state index contributed by atoms with van der Waals surface area (Å²) in [7, 11) is -3.89. The Morgan fingerprint density at radius 2 is 1.61 bits per heavy atom. The van der Waals surface area contributed by atoms with Crippen LogP contribution in [0.5, 0.6) is 0 Å². The van der Waals surface area contributed by atoms with E-state index in [1.807, 2.05) is 40.1 Å². The quantitative estimate of drug-likeness (QED) is 0.569. The van der Waals surface area contributed by atoms with Gasteiger partial charge in [0, 0.05) is 36.9 Å². The summed E-state index contributed by atoms with van der Waals surface area (Å²) in [4.78, 5) is 32.1. The summed E-state index contributed by atoms with van der Waals surface area (Å²) in [5, 5.41) is 0.389. The third-order valence-electron chi connectivity index (χ3n) is 7.43. The van der Waals surface area contributed by atoms with Crippen LogP contribution in [0, 0.1) is 0 Å². The molecular formula is C25H28Cl2N4O4S. The summed E-state index contributed by atoms with van der Waals surface area (Å²) >= 11 is 12.2. The zero-order valence-corrected chi connectivity index (χ0v) is 22.1. The van der Waals surface area contributed by atoms with Gasteiger partial charge in [0.1, 0.15) is 17.0 Å². The Bertz CT molecular complexity index is 1260. The maximum Gasteiger partial charge on any atom is 0.250 e. The van der Waals surface area contributed by atoms with Crippen LogP contribution in [0.1, 0.15) is 25.7 Å². The second-order valence-electron chi connectivity index (χ2n) is 9.51. The fourth-order valence-electron chi connectivity index (χ4n) is 5.46. The number of piperidine rings is 1. The number of nitrogens with zero attached hydrogens (tertiary/aromatic N) is 4. The average molecular weight is 551 g/mol. The minimum atomic E-state index is -3.89. The highest BCUT2D eigenvalue weighted by atomic mass is 35.5. The molecule has 11 heteroatoms. The number of halogens is 2. The molecule has 3 aliphatic heterocycles. The Morgan fingerprint density at radius 1 is 0.944 bits per heavy atom. The van der Waals surface area contributed by atoms with Gasteiger partial charge in [-0.05, 0) is 56.0 Å². The van der Waals surface area contributed by atoms with Gasteiger partial charge in [0.25, 0.3) is 0 Å². The number of likely N-dealkylation sites (tertiary alicyclic amines) is 1. The molecule has 192 valence electrons. The molecule has 3 saturated heterocycles. The standard InChI is InChI=1S/C25H28Cl2N4O4S/c26-19-8-9-21(27)22(16-19)36(34,35)30-14-10-25(11-15-30)24(33)29(17-23(32)28-12-4-5-13-28)18-31(25)20-6-2-1-3-7-20/h1-3,6-9,16H,4-5,10-15,17-18H2. The maximum absolute atomic E-state index is 13.8. The summed E-state index contributed by atoms with van der Waals surface area (Å²) in [5.41, 5.74) is -0.0484. The van der Waals surface area contributed by atoms with Crippen molar-refractivity contribution in [2.24, 2.45) is 0 Å². The highest BCUT2D eigenvalue weighted by molar-refractivity contribution is 7.89. The van der Waals surface area contributed by atoms with E-state index in [2.05, 4.69) is 0 Å². The number of amides is 2. The molecule has 3 aliphatic rings. The van der Waals surface area contributed by atoms with E-state index >= 15 is 0 Å². The van der Waals surface area contributed by atoms with E-state index in [0.29, 0.717) is 12.8 Å². The van der Waals surface area contributed by atoms with Gasteiger partial charge >= 0.3 is 0 Å². The number of hydrogen-bond acceptors (Lipinski definition) is 5. The topological polar surface area (TPSA) is 81.2 Å². The van der Waals surface area contributed by atoms with Crippen molar-refractivity contribution in [3.05, 3.63) is 58.6 Å². The molecule has 0 aliphatic carbocycles. The Hall–Kier alpha value is -2.33. The van der Waals surface area contributed by atoms with Crippen molar-refractivity contribution in [3.63, 3.8) is 0 Å². The molecule has 0 bridgehead atoms. The van der Waals surface area contributed by atoms with Crippen molar-refractivity contribution in [2.45, 2.75) is 36.1 Å². The fourth-order valence-corrected chi connectivity index (χ4v) is 7.64. The third kappa shape index (κ3) is 4.47. The minimum Gasteiger partial charge on any atom is -0.341 e. The van der Waals surface area contributed by atoms with Gasteiger partial charge in [-0.1, -0.05) is 41.4 Å². The van der Waals surface area contributed by atoms with Crippen molar-refractivity contribution >= 4 is 50.7 Å². The van der Waals surface area contributed by atoms with E-state index in [-0.39, 0.29) is 53.1 Å². The molecule has 0 unspecified atom stereocenters. The monoisotopic (exact) mass is 550 g/mol. The van der Waals surface area contributed by atoms with Gasteiger partial charge in [-0.3, -0.25) is 9.59 Å². The molecule has 8 nitrogen and oxygen atoms in total. The third-order valence-corrected chi connectivity index (χ3v) is 10.0. The number of rotatable bonds is 5. The molecule has 5 rings (SSSR count). The Kier molecular flexibility index (Phi) is 6.93. The average Bonchev–Trinajstić information content (AvgIpc) is 3.50. The van der Waals surface area contributed by atoms with Crippen LogP contribution in [0.3, 0.4) is 0 Å². The lowest BCUT2D eigenvalue weighted by molar-refractivity contribution is -0.140. The molecule has 0 aromatic heterocycles. The normalized spacial score (nSPS) is 20.5. The lowest BCUT2D eigenvalue weighted by Gasteiger charge is -2.42. The molecule has 0 saturated carbocycles. The highest BCUT2D eigenvalue weighted by Crippen LogP contribution is 2.41. The van der Waals surface area contributed by atoms with Crippen molar-refractivity contribution in [1.29, 1.82) is 0 Å². The zero-order chi connectivity index (χ0) is 25.5. The second kappa shape index (κ2) is 9.85. The predicted molar refractivity (Wildman–Crippen MR) is 139 cm³/mol. The van der Waals surface area contributed by atoms with E-state index in [4.69, 9.17) is 23.2 Å². The van der Waals surface area contributed by atoms with Crippen LogP contribution < -0.4 is 4.90 Å². The Morgan fingerprint density at radius 3 is 2.28 bits per heavy atom. The lowest BCUT2D eigenvalue weighted by atomic mass is 9.86. The van der Waals surface area contributed by atoms with Gasteiger partial charge in [0.15, 0.2) is 0 Å². The number of para-hydroxylation sites is 1. The first-order chi connectivity index (χ1) is 17.2. The van der Waals surface area contributed by atoms with Crippen LogP contribution in [0.2, 0.25) is 10.0 Å². The van der Waals surface area contributed by atoms with Gasteiger partial charge in [0.05, 0.1) is 11.7 Å². The van der Waals surface area contributed by atoms with E-state index in [1.54, 1.807) is 11.0 Å². The zero-order valence-electron chi connectivity index (χ0n) is 19.8. The number of benzene rings is 2. The van der Waals surface area contributed by atoms with E-state index in [9.17, 15) is 18.0 Å². The van der Waals surface area contributed by atoms with Crippen LogP contribution in [0.15, 0.2) is 53.4 Å². The molecule has 1 spiro atoms. The highest BCUT2D eigenvalue weighted by Gasteiger charge is 2.55. The first-order valence-electron chi connectivity index (χ1n) is 12.1. The van der Waals surface area contributed by atoms with Gasteiger partial charge in [-0.15, -0.1) is 0 Å². The van der Waals surface area contributed by atoms with Crippen molar-refractivity contribution < 1.29 is 18.0 Å². The molecule has 36 heavy (non-hydrogen) atoms. The van der Waals surface area contributed by atoms with Crippen LogP contribution in [-0.4, -0.2) is 79.3 Å². The van der Waals surface area contributed by atoms with Crippen molar-refractivity contribution in [2.75, 3.05) is 44.3 Å². The Balaban J connectivity index is 1.40. The number of carbonyl (C=O) groups is 2. The summed E-state index contributed by atoms with van der Waals surface area (Å²) in [6.45, 7) is 2.07. The molecule has 2 aromatic rings. The molecule has 3 heterocycles. The van der Waals surface area contributed by atoms with Gasteiger partial charge in [-0.2, -0.15) is 4.31 Å². The van der Waals surface area contributed by atoms with E-state index in [1.165, 1.54) is 16.4 Å². The molecule has 2 aromatic carbocycles. The Labute approximate surface area is 221 Å². The van der Waals surface area contributed by atoms with E-state index < -0.39 is 15.6 Å². The van der Waals surface area contributed by atoms with Crippen LogP contribution >= 0.6 is 23.2 Å². The lowest BCUT2D eigenvalue weighted by Crippen LogP contribution is -2.57. The first kappa shape index (κ1) is 25.3. The second-order valence-corrected chi connectivity index (χ2v) is 12.3. The summed E-state index contributed by atoms with van der Waals surface area (Å²) in [6, 6.07) is 14.0. The summed E-state index contributed by atoms with van der Waals surface area (Å²) < 4.78 is 28.1. The molecule has 0 radical (unpaired) electrons. The fraction of sp³-hybridized carbons (Fsp3) is 0.440. The summed E-state index contributed by atoms with van der Waals surface area (Å²) in [6.07, 6.45) is 2.57. The molecule has 2 amide bonds. The number of carbonyl (C=O) groups excluding carboxylic acids is 2. The first-order valence-corrected chi connectivity index (χ1v) is 14.3. The van der Waals surface area contributed by atoms with E-state index in [0.717, 1.165) is 31.6 Å². The molecule has 3 fully saturated rings. The largest absolute Gasteiger partial charge is 0.341 e. The maximum atomic E-state index is 13.8. The number of hydrogen-bond donors (Lipinski definition) is 0. The predicted octanol–water partition coefficient (Wildman–Crippen LogP) is 3.45. The number of anilines is 1. The van der Waals surface area contributed by atoms with Gasteiger partial charge < -0.3 is 14.7 Å². The minimum absolute atomic E-state index is 0.0318. The van der Waals surface area contributed by atoms with Crippen LogP contribution in [-0.2, 0) is 19.6 Å². The SMILES string of the molecule is O=C(CN1CN(c2ccccc2)C2(CCN(S(=O)(=O)c3cc(Cl)ccc3Cl)CC2)C1=O)N1CCCC1. The number of sulfonamides is 1. The smallest absolute Gasteiger partial charge is 0.250 e. The molecule has 0 atom stereocenters.